The van der Waals surface area contributed by atoms with Gasteiger partial charge in [0.1, 0.15) is 0 Å². The van der Waals surface area contributed by atoms with Gasteiger partial charge < -0.3 is 5.73 Å². The lowest BCUT2D eigenvalue weighted by Crippen LogP contribution is -2.22. The third kappa shape index (κ3) is 1.80. The molecule has 0 aromatic carbocycles. The quantitative estimate of drug-likeness (QED) is 0.720. The molecule has 0 saturated heterocycles. The molecule has 0 radical (unpaired) electrons. The Balaban J connectivity index is 1.88. The summed E-state index contributed by atoms with van der Waals surface area (Å²) < 4.78 is 0. The number of hydrogen-bond donors (Lipinski definition) is 1. The maximum absolute atomic E-state index is 5.95. The van der Waals surface area contributed by atoms with Gasteiger partial charge in [0.25, 0.3) is 0 Å². The van der Waals surface area contributed by atoms with Crippen molar-refractivity contribution in [2.45, 2.75) is 31.2 Å². The summed E-state index contributed by atoms with van der Waals surface area (Å²) in [7, 11) is 0. The monoisotopic (exact) mass is 163 g/mol. The number of nitrogens with zero attached hydrogens (tertiary/aromatic N) is 2. The van der Waals surface area contributed by atoms with Gasteiger partial charge in [0.05, 0.1) is 5.69 Å². The van der Waals surface area contributed by atoms with Crippen molar-refractivity contribution >= 4 is 0 Å². The first-order valence-electron chi connectivity index (χ1n) is 4.34. The second-order valence-corrected chi connectivity index (χ2v) is 3.58. The summed E-state index contributed by atoms with van der Waals surface area (Å²) in [6.45, 7) is 0. The summed E-state index contributed by atoms with van der Waals surface area (Å²) in [5.41, 5.74) is 7.13. The van der Waals surface area contributed by atoms with Gasteiger partial charge in [0, 0.05) is 11.7 Å². The van der Waals surface area contributed by atoms with Crippen LogP contribution in [0.1, 0.15) is 25.0 Å². The molecule has 3 nitrogen and oxygen atoms in total. The molecule has 3 heteroatoms. The molecule has 0 aliphatic heterocycles. The van der Waals surface area contributed by atoms with Crippen LogP contribution in [0.3, 0.4) is 0 Å². The van der Waals surface area contributed by atoms with Gasteiger partial charge in [0.15, 0.2) is 0 Å². The summed E-state index contributed by atoms with van der Waals surface area (Å²) >= 11 is 0. The van der Waals surface area contributed by atoms with Crippen LogP contribution in [0, 0.1) is 0 Å². The predicted molar refractivity (Wildman–Crippen MR) is 46.5 cm³/mol. The van der Waals surface area contributed by atoms with E-state index in [1.807, 2.05) is 12.1 Å². The highest BCUT2D eigenvalue weighted by atomic mass is 15.1. The Bertz CT molecular complexity index is 254. The predicted octanol–water partition coefficient (Wildman–Crippen LogP) is 0.900. The van der Waals surface area contributed by atoms with Crippen molar-refractivity contribution in [2.24, 2.45) is 5.73 Å². The van der Waals surface area contributed by atoms with E-state index in [0.29, 0.717) is 0 Å². The molecule has 2 N–H and O–H groups in total. The lowest BCUT2D eigenvalue weighted by molar-refractivity contribution is 0.600. The zero-order chi connectivity index (χ0) is 8.44. The molecule has 1 aliphatic carbocycles. The highest BCUT2D eigenvalue weighted by Gasteiger charge is 2.37. The third-order valence-corrected chi connectivity index (χ3v) is 2.40. The van der Waals surface area contributed by atoms with Crippen molar-refractivity contribution in [3.63, 3.8) is 0 Å². The van der Waals surface area contributed by atoms with Crippen LogP contribution in [-0.4, -0.2) is 15.7 Å². The van der Waals surface area contributed by atoms with Crippen LogP contribution in [0.5, 0.6) is 0 Å². The van der Waals surface area contributed by atoms with Gasteiger partial charge in [-0.1, -0.05) is 0 Å². The van der Waals surface area contributed by atoms with E-state index in [9.17, 15) is 0 Å². The highest BCUT2D eigenvalue weighted by Crippen LogP contribution is 2.36. The van der Waals surface area contributed by atoms with E-state index >= 15 is 0 Å². The van der Waals surface area contributed by atoms with E-state index in [0.717, 1.165) is 18.5 Å². The van der Waals surface area contributed by atoms with E-state index in [-0.39, 0.29) is 5.54 Å². The van der Waals surface area contributed by atoms with E-state index < -0.39 is 0 Å². The van der Waals surface area contributed by atoms with Gasteiger partial charge in [0.2, 0.25) is 0 Å². The average Bonchev–Trinajstić information content (AvgIpc) is 2.84. The zero-order valence-electron chi connectivity index (χ0n) is 7.03. The van der Waals surface area contributed by atoms with Crippen molar-refractivity contribution in [2.75, 3.05) is 0 Å². The lowest BCUT2D eigenvalue weighted by atomic mass is 10.1. The van der Waals surface area contributed by atoms with Crippen LogP contribution in [0.15, 0.2) is 18.3 Å². The Labute approximate surface area is 72.0 Å². The Kier molecular flexibility index (Phi) is 1.81. The molecule has 0 atom stereocenters. The van der Waals surface area contributed by atoms with Gasteiger partial charge >= 0.3 is 0 Å². The minimum atomic E-state index is 0.136. The van der Waals surface area contributed by atoms with Crippen LogP contribution in [0.2, 0.25) is 0 Å². The molecule has 0 bridgehead atoms. The number of aryl methyl sites for hydroxylation is 1. The SMILES string of the molecule is NC1(CCc2cccnn2)CC1. The smallest absolute Gasteiger partial charge is 0.0631 e. The molecule has 1 aromatic rings. The van der Waals surface area contributed by atoms with Crippen LogP contribution in [0.4, 0.5) is 0 Å². The van der Waals surface area contributed by atoms with Gasteiger partial charge in [-0.3, -0.25) is 0 Å². The Morgan fingerprint density at radius 2 is 2.33 bits per heavy atom. The van der Waals surface area contributed by atoms with Gasteiger partial charge in [-0.15, -0.1) is 0 Å². The maximum atomic E-state index is 5.95. The highest BCUT2D eigenvalue weighted by molar-refractivity contribution is 5.05. The summed E-state index contributed by atoms with van der Waals surface area (Å²) in [5, 5.41) is 7.82. The molecular formula is C9H13N3. The largest absolute Gasteiger partial charge is 0.325 e. The van der Waals surface area contributed by atoms with Crippen molar-refractivity contribution in [3.05, 3.63) is 24.0 Å². The number of hydrogen-bond acceptors (Lipinski definition) is 3. The van der Waals surface area contributed by atoms with Crippen molar-refractivity contribution in [1.82, 2.24) is 10.2 Å². The first kappa shape index (κ1) is 7.68. The molecule has 1 aromatic heterocycles. The molecule has 12 heavy (non-hydrogen) atoms. The molecule has 64 valence electrons. The van der Waals surface area contributed by atoms with E-state index in [4.69, 9.17) is 5.73 Å². The average molecular weight is 163 g/mol. The Morgan fingerprint density at radius 3 is 2.92 bits per heavy atom. The third-order valence-electron chi connectivity index (χ3n) is 2.40. The molecule has 0 spiro atoms. The molecule has 1 saturated carbocycles. The molecule has 1 fully saturated rings. The molecular weight excluding hydrogens is 150 g/mol. The number of aromatic nitrogens is 2. The van der Waals surface area contributed by atoms with E-state index in [2.05, 4.69) is 10.2 Å². The fourth-order valence-corrected chi connectivity index (χ4v) is 1.25. The normalized spacial score (nSPS) is 19.1. The minimum absolute atomic E-state index is 0.136. The summed E-state index contributed by atoms with van der Waals surface area (Å²) in [6, 6.07) is 3.91. The summed E-state index contributed by atoms with van der Waals surface area (Å²) in [4.78, 5) is 0. The lowest BCUT2D eigenvalue weighted by Gasteiger charge is -2.05. The fraction of sp³-hybridized carbons (Fsp3) is 0.556. The van der Waals surface area contributed by atoms with Crippen LogP contribution in [-0.2, 0) is 6.42 Å². The van der Waals surface area contributed by atoms with Crippen molar-refractivity contribution in [3.8, 4) is 0 Å². The Morgan fingerprint density at radius 1 is 1.50 bits per heavy atom. The van der Waals surface area contributed by atoms with E-state index in [1.165, 1.54) is 12.8 Å². The van der Waals surface area contributed by atoms with E-state index in [1.54, 1.807) is 6.20 Å². The first-order chi connectivity index (χ1) is 5.79. The Hall–Kier alpha value is -0.960. The van der Waals surface area contributed by atoms with Gasteiger partial charge in [-0.05, 0) is 37.8 Å². The van der Waals surface area contributed by atoms with Crippen LogP contribution in [0.25, 0.3) is 0 Å². The zero-order valence-corrected chi connectivity index (χ0v) is 7.03. The van der Waals surface area contributed by atoms with Crippen molar-refractivity contribution in [1.29, 1.82) is 0 Å². The second kappa shape index (κ2) is 2.83. The van der Waals surface area contributed by atoms with Crippen molar-refractivity contribution < 1.29 is 0 Å². The maximum Gasteiger partial charge on any atom is 0.0631 e. The topological polar surface area (TPSA) is 51.8 Å². The number of rotatable bonds is 3. The molecule has 0 unspecified atom stereocenters. The second-order valence-electron chi connectivity index (χ2n) is 3.58. The summed E-state index contributed by atoms with van der Waals surface area (Å²) in [5.74, 6) is 0. The first-order valence-corrected chi connectivity index (χ1v) is 4.34. The molecule has 0 amide bonds. The van der Waals surface area contributed by atoms with Gasteiger partial charge in [-0.2, -0.15) is 10.2 Å². The number of nitrogens with two attached hydrogens (primary N) is 1. The summed E-state index contributed by atoms with van der Waals surface area (Å²) in [6.07, 6.45) is 6.05. The van der Waals surface area contributed by atoms with Crippen LogP contribution >= 0.6 is 0 Å². The standard InChI is InChI=1S/C9H13N3/c10-9(5-6-9)4-3-8-2-1-7-11-12-8/h1-2,7H,3-6,10H2. The molecule has 1 heterocycles. The minimum Gasteiger partial charge on any atom is -0.325 e. The fourth-order valence-electron chi connectivity index (χ4n) is 1.25. The molecule has 2 rings (SSSR count). The molecule has 1 aliphatic rings. The van der Waals surface area contributed by atoms with Gasteiger partial charge in [-0.25, -0.2) is 0 Å². The van der Waals surface area contributed by atoms with Crippen LogP contribution < -0.4 is 5.73 Å².